The molecule has 0 aliphatic carbocycles. The summed E-state index contributed by atoms with van der Waals surface area (Å²) < 4.78 is 10.6. The van der Waals surface area contributed by atoms with Gasteiger partial charge in [0.05, 0.1) is 32.0 Å². The van der Waals surface area contributed by atoms with E-state index >= 15 is 0 Å². The summed E-state index contributed by atoms with van der Waals surface area (Å²) in [5.74, 6) is 0. The van der Waals surface area contributed by atoms with E-state index < -0.39 is 0 Å². The molecule has 76 valence electrons. The van der Waals surface area contributed by atoms with Crippen LogP contribution < -0.4 is 0 Å². The predicted molar refractivity (Wildman–Crippen MR) is 47.6 cm³/mol. The van der Waals surface area contributed by atoms with E-state index in [-0.39, 0.29) is 12.1 Å². The highest BCUT2D eigenvalue weighted by molar-refractivity contribution is 4.82. The Balaban J connectivity index is 1.88. The second-order valence-electron chi connectivity index (χ2n) is 3.65. The highest BCUT2D eigenvalue weighted by Crippen LogP contribution is 2.15. The zero-order valence-corrected chi connectivity index (χ0v) is 7.82. The van der Waals surface area contributed by atoms with Crippen LogP contribution in [0.2, 0.25) is 0 Å². The molecule has 2 rings (SSSR count). The Morgan fingerprint density at radius 2 is 1.85 bits per heavy atom. The predicted octanol–water partition coefficient (Wildman–Crippen LogP) is -0.532. The van der Waals surface area contributed by atoms with Gasteiger partial charge in [-0.25, -0.2) is 0 Å². The summed E-state index contributed by atoms with van der Waals surface area (Å²) in [7, 11) is 0. The Bertz CT molecular complexity index is 159. The molecule has 13 heavy (non-hydrogen) atoms. The van der Waals surface area contributed by atoms with E-state index in [1.165, 1.54) is 0 Å². The van der Waals surface area contributed by atoms with Crippen LogP contribution in [0.3, 0.4) is 0 Å². The molecule has 2 aliphatic rings. The third kappa shape index (κ3) is 2.20. The van der Waals surface area contributed by atoms with Crippen LogP contribution in [0.25, 0.3) is 0 Å². The van der Waals surface area contributed by atoms with Gasteiger partial charge in [-0.05, 0) is 6.42 Å². The molecule has 2 atom stereocenters. The zero-order chi connectivity index (χ0) is 9.10. The van der Waals surface area contributed by atoms with Crippen molar-refractivity contribution in [3.05, 3.63) is 0 Å². The average molecular weight is 187 g/mol. The average Bonchev–Trinajstić information content (AvgIpc) is 2.20. The van der Waals surface area contributed by atoms with Crippen molar-refractivity contribution in [1.29, 1.82) is 0 Å². The summed E-state index contributed by atoms with van der Waals surface area (Å²) in [6, 6.07) is 0.192. The highest BCUT2D eigenvalue weighted by atomic mass is 16.5. The fraction of sp³-hybridized carbons (Fsp3) is 1.00. The molecule has 1 N–H and O–H groups in total. The lowest BCUT2D eigenvalue weighted by Crippen LogP contribution is -2.53. The molecule has 0 bridgehead atoms. The lowest BCUT2D eigenvalue weighted by atomic mass is 10.0. The number of rotatable bonds is 1. The van der Waals surface area contributed by atoms with Gasteiger partial charge in [-0.2, -0.15) is 0 Å². The first-order valence-corrected chi connectivity index (χ1v) is 4.95. The zero-order valence-electron chi connectivity index (χ0n) is 7.82. The quantitative estimate of drug-likeness (QED) is 0.599. The standard InChI is InChI=1S/C9H17NO3/c11-9-1-4-13-7-8(9)10-2-5-12-6-3-10/h8-9,11H,1-7H2. The number of aliphatic hydroxyl groups excluding tert-OH is 1. The maximum Gasteiger partial charge on any atom is 0.0739 e. The van der Waals surface area contributed by atoms with Gasteiger partial charge < -0.3 is 14.6 Å². The molecule has 2 unspecified atom stereocenters. The molecule has 2 fully saturated rings. The molecular formula is C9H17NO3. The van der Waals surface area contributed by atoms with Crippen LogP contribution in [0, 0.1) is 0 Å². The largest absolute Gasteiger partial charge is 0.391 e. The maximum absolute atomic E-state index is 9.76. The van der Waals surface area contributed by atoms with Crippen molar-refractivity contribution in [2.24, 2.45) is 0 Å². The summed E-state index contributed by atoms with van der Waals surface area (Å²) >= 11 is 0. The third-order valence-electron chi connectivity index (χ3n) is 2.81. The first kappa shape index (κ1) is 9.40. The van der Waals surface area contributed by atoms with Crippen LogP contribution in [-0.2, 0) is 9.47 Å². The summed E-state index contributed by atoms with van der Waals surface area (Å²) in [4.78, 5) is 2.27. The van der Waals surface area contributed by atoms with Crippen LogP contribution >= 0.6 is 0 Å². The molecule has 0 aromatic rings. The molecule has 4 heteroatoms. The third-order valence-corrected chi connectivity index (χ3v) is 2.81. The molecule has 0 aromatic carbocycles. The topological polar surface area (TPSA) is 41.9 Å². The highest BCUT2D eigenvalue weighted by Gasteiger charge is 2.30. The summed E-state index contributed by atoms with van der Waals surface area (Å²) in [5.41, 5.74) is 0. The van der Waals surface area contributed by atoms with E-state index in [1.54, 1.807) is 0 Å². The molecule has 0 amide bonds. The first-order valence-electron chi connectivity index (χ1n) is 4.95. The molecule has 2 saturated heterocycles. The fourth-order valence-electron chi connectivity index (χ4n) is 1.97. The van der Waals surface area contributed by atoms with Crippen LogP contribution in [0.15, 0.2) is 0 Å². The number of morpholine rings is 1. The van der Waals surface area contributed by atoms with E-state index in [0.717, 1.165) is 32.7 Å². The van der Waals surface area contributed by atoms with Gasteiger partial charge in [-0.3, -0.25) is 4.90 Å². The second kappa shape index (κ2) is 4.37. The van der Waals surface area contributed by atoms with Crippen molar-refractivity contribution < 1.29 is 14.6 Å². The molecule has 2 heterocycles. The first-order chi connectivity index (χ1) is 6.38. The fourth-order valence-corrected chi connectivity index (χ4v) is 1.97. The molecule has 4 nitrogen and oxygen atoms in total. The molecule has 2 aliphatic heterocycles. The Morgan fingerprint density at radius 3 is 2.54 bits per heavy atom. The van der Waals surface area contributed by atoms with Crippen molar-refractivity contribution >= 4 is 0 Å². The number of hydrogen-bond acceptors (Lipinski definition) is 4. The normalized spacial score (nSPS) is 37.6. The Morgan fingerprint density at radius 1 is 1.08 bits per heavy atom. The van der Waals surface area contributed by atoms with E-state index in [2.05, 4.69) is 4.90 Å². The number of aliphatic hydroxyl groups is 1. The van der Waals surface area contributed by atoms with Gasteiger partial charge in [0.2, 0.25) is 0 Å². The molecular weight excluding hydrogens is 170 g/mol. The van der Waals surface area contributed by atoms with E-state index in [1.807, 2.05) is 0 Å². The van der Waals surface area contributed by atoms with Crippen LogP contribution in [0.5, 0.6) is 0 Å². The van der Waals surface area contributed by atoms with Crippen molar-refractivity contribution in [1.82, 2.24) is 4.90 Å². The van der Waals surface area contributed by atoms with Gasteiger partial charge in [-0.1, -0.05) is 0 Å². The van der Waals surface area contributed by atoms with Gasteiger partial charge in [-0.15, -0.1) is 0 Å². The molecule has 0 aromatic heterocycles. The van der Waals surface area contributed by atoms with Gasteiger partial charge in [0.25, 0.3) is 0 Å². The maximum atomic E-state index is 9.76. The monoisotopic (exact) mass is 187 g/mol. The smallest absolute Gasteiger partial charge is 0.0739 e. The van der Waals surface area contributed by atoms with Gasteiger partial charge >= 0.3 is 0 Å². The summed E-state index contributed by atoms with van der Waals surface area (Å²) in [6.07, 6.45) is 0.550. The van der Waals surface area contributed by atoms with E-state index in [9.17, 15) is 5.11 Å². The number of nitrogens with zero attached hydrogens (tertiary/aromatic N) is 1. The Kier molecular flexibility index (Phi) is 3.16. The minimum absolute atomic E-state index is 0.192. The summed E-state index contributed by atoms with van der Waals surface area (Å²) in [6.45, 7) is 4.77. The Hall–Kier alpha value is -0.160. The van der Waals surface area contributed by atoms with Crippen LogP contribution in [0.1, 0.15) is 6.42 Å². The lowest BCUT2D eigenvalue weighted by molar-refractivity contribution is -0.0859. The Labute approximate surface area is 78.4 Å². The molecule has 0 radical (unpaired) electrons. The van der Waals surface area contributed by atoms with Crippen LogP contribution in [-0.4, -0.2) is 61.7 Å². The van der Waals surface area contributed by atoms with Crippen molar-refractivity contribution in [2.75, 3.05) is 39.5 Å². The second-order valence-corrected chi connectivity index (χ2v) is 3.65. The lowest BCUT2D eigenvalue weighted by Gasteiger charge is -2.39. The van der Waals surface area contributed by atoms with Gasteiger partial charge in [0.1, 0.15) is 0 Å². The van der Waals surface area contributed by atoms with Crippen LogP contribution in [0.4, 0.5) is 0 Å². The minimum Gasteiger partial charge on any atom is -0.391 e. The number of hydrogen-bond donors (Lipinski definition) is 1. The van der Waals surface area contributed by atoms with E-state index in [4.69, 9.17) is 9.47 Å². The van der Waals surface area contributed by atoms with E-state index in [0.29, 0.717) is 13.2 Å². The van der Waals surface area contributed by atoms with Crippen molar-refractivity contribution in [2.45, 2.75) is 18.6 Å². The summed E-state index contributed by atoms with van der Waals surface area (Å²) in [5, 5.41) is 9.76. The van der Waals surface area contributed by atoms with Gasteiger partial charge in [0.15, 0.2) is 0 Å². The van der Waals surface area contributed by atoms with Crippen molar-refractivity contribution in [3.8, 4) is 0 Å². The van der Waals surface area contributed by atoms with Crippen molar-refractivity contribution in [3.63, 3.8) is 0 Å². The van der Waals surface area contributed by atoms with Gasteiger partial charge in [0, 0.05) is 19.7 Å². The minimum atomic E-state index is -0.216. The number of ether oxygens (including phenoxy) is 2. The molecule has 0 spiro atoms. The molecule has 0 saturated carbocycles. The SMILES string of the molecule is OC1CCOCC1N1CCOCC1.